The fourth-order valence-electron chi connectivity index (χ4n) is 2.61. The first-order valence-electron chi connectivity index (χ1n) is 7.34. The fraction of sp³-hybridized carbons (Fsp3) is 0.333. The third-order valence-corrected chi connectivity index (χ3v) is 3.81. The number of hydrogen-bond acceptors (Lipinski definition) is 5. The summed E-state index contributed by atoms with van der Waals surface area (Å²) in [4.78, 5) is 28.6. The van der Waals surface area contributed by atoms with E-state index in [-0.39, 0.29) is 18.9 Å². The summed E-state index contributed by atoms with van der Waals surface area (Å²) in [6, 6.07) is 4.41. The van der Waals surface area contributed by atoms with Crippen LogP contribution >= 0.6 is 0 Å². The van der Waals surface area contributed by atoms with Crippen LogP contribution in [0.4, 0.5) is 20.6 Å². The van der Waals surface area contributed by atoms with Crippen molar-refractivity contribution in [1.29, 1.82) is 0 Å². The largest absolute Gasteiger partial charge is 0.444 e. The standard InChI is InChI=1S/C15H14FN5O3/c16-13-7-10(21-9-12(8-18-19-17)24-15(21)23)1-2-14(13)20-5-3-11(22)4-6-20/h1-3,5,7,12H,4,6,8-9H2. The van der Waals surface area contributed by atoms with Crippen LogP contribution in [0.15, 0.2) is 35.6 Å². The van der Waals surface area contributed by atoms with Crippen LogP contribution in [0.25, 0.3) is 10.4 Å². The van der Waals surface area contributed by atoms with E-state index in [0.29, 0.717) is 24.3 Å². The molecule has 0 radical (unpaired) electrons. The minimum absolute atomic E-state index is 0.00848. The van der Waals surface area contributed by atoms with Gasteiger partial charge in [0.15, 0.2) is 5.78 Å². The summed E-state index contributed by atoms with van der Waals surface area (Å²) in [5.41, 5.74) is 9.00. The lowest BCUT2D eigenvalue weighted by Crippen LogP contribution is -2.27. The highest BCUT2D eigenvalue weighted by Gasteiger charge is 2.32. The minimum Gasteiger partial charge on any atom is -0.444 e. The summed E-state index contributed by atoms with van der Waals surface area (Å²) in [7, 11) is 0. The third kappa shape index (κ3) is 3.16. The second-order valence-electron chi connectivity index (χ2n) is 5.39. The Morgan fingerprint density at radius 1 is 1.42 bits per heavy atom. The molecule has 1 fully saturated rings. The molecule has 2 aliphatic rings. The summed E-state index contributed by atoms with van der Waals surface area (Å²) in [5, 5.41) is 3.38. The number of ketones is 1. The van der Waals surface area contributed by atoms with Crippen LogP contribution in [0.3, 0.4) is 0 Å². The molecule has 0 aliphatic carbocycles. The van der Waals surface area contributed by atoms with Gasteiger partial charge in [-0.05, 0) is 29.8 Å². The molecule has 1 aromatic rings. The van der Waals surface area contributed by atoms with E-state index >= 15 is 0 Å². The number of cyclic esters (lactones) is 1. The lowest BCUT2D eigenvalue weighted by Gasteiger charge is -2.24. The summed E-state index contributed by atoms with van der Waals surface area (Å²) < 4.78 is 19.5. The number of carbonyl (C=O) groups excluding carboxylic acids is 2. The highest BCUT2D eigenvalue weighted by molar-refractivity contribution is 5.92. The van der Waals surface area contributed by atoms with Crippen LogP contribution in [0, 0.1) is 5.82 Å². The van der Waals surface area contributed by atoms with Crippen molar-refractivity contribution >= 4 is 23.3 Å². The predicted octanol–water partition coefficient (Wildman–Crippen LogP) is 2.75. The molecule has 9 heteroatoms. The number of rotatable bonds is 4. The molecule has 8 nitrogen and oxygen atoms in total. The maximum Gasteiger partial charge on any atom is 0.414 e. The molecule has 24 heavy (non-hydrogen) atoms. The van der Waals surface area contributed by atoms with Crippen LogP contribution in [0.1, 0.15) is 6.42 Å². The number of nitrogens with zero attached hydrogens (tertiary/aromatic N) is 5. The Bertz CT molecular complexity index is 759. The van der Waals surface area contributed by atoms with Gasteiger partial charge in [-0.2, -0.15) is 0 Å². The van der Waals surface area contributed by atoms with Crippen LogP contribution in [-0.4, -0.2) is 37.6 Å². The second-order valence-corrected chi connectivity index (χ2v) is 5.39. The molecular weight excluding hydrogens is 317 g/mol. The summed E-state index contributed by atoms with van der Waals surface area (Å²) >= 11 is 0. The summed E-state index contributed by atoms with van der Waals surface area (Å²) in [6.45, 7) is 0.631. The van der Waals surface area contributed by atoms with E-state index in [1.807, 2.05) is 0 Å². The van der Waals surface area contributed by atoms with Gasteiger partial charge < -0.3 is 9.64 Å². The molecule has 124 valence electrons. The molecule has 2 aliphatic heterocycles. The van der Waals surface area contributed by atoms with Crippen molar-refractivity contribution in [2.24, 2.45) is 5.11 Å². The van der Waals surface area contributed by atoms with Crippen molar-refractivity contribution in [1.82, 2.24) is 0 Å². The normalized spacial score (nSPS) is 20.1. The lowest BCUT2D eigenvalue weighted by atomic mass is 10.1. The van der Waals surface area contributed by atoms with E-state index in [9.17, 15) is 14.0 Å². The number of hydrogen-bond donors (Lipinski definition) is 0. The second kappa shape index (κ2) is 6.59. The Kier molecular flexibility index (Phi) is 4.35. The first kappa shape index (κ1) is 15.8. The fourth-order valence-corrected chi connectivity index (χ4v) is 2.61. The summed E-state index contributed by atoms with van der Waals surface area (Å²) in [6.07, 6.45) is 2.13. The SMILES string of the molecule is [N-]=[N+]=NCC1CN(c2ccc(N3C=CC(=O)CC3)c(F)c2)C(=O)O1. The quantitative estimate of drug-likeness (QED) is 0.481. The maximum absolute atomic E-state index is 14.4. The van der Waals surface area contributed by atoms with Gasteiger partial charge >= 0.3 is 6.09 Å². The van der Waals surface area contributed by atoms with Crippen molar-refractivity contribution in [2.75, 3.05) is 29.4 Å². The van der Waals surface area contributed by atoms with Gasteiger partial charge in [0.05, 0.1) is 24.5 Å². The molecular formula is C15H14FN5O3. The van der Waals surface area contributed by atoms with Crippen molar-refractivity contribution in [2.45, 2.75) is 12.5 Å². The highest BCUT2D eigenvalue weighted by atomic mass is 19.1. The van der Waals surface area contributed by atoms with Crippen molar-refractivity contribution in [3.63, 3.8) is 0 Å². The van der Waals surface area contributed by atoms with Crippen molar-refractivity contribution < 1.29 is 18.7 Å². The van der Waals surface area contributed by atoms with E-state index in [0.717, 1.165) is 0 Å². The lowest BCUT2D eigenvalue weighted by molar-refractivity contribution is -0.114. The van der Waals surface area contributed by atoms with Gasteiger partial charge in [0, 0.05) is 24.1 Å². The molecule has 3 rings (SSSR count). The predicted molar refractivity (Wildman–Crippen MR) is 84.1 cm³/mol. The average molecular weight is 331 g/mol. The average Bonchev–Trinajstić information content (AvgIpc) is 2.95. The van der Waals surface area contributed by atoms with E-state index in [4.69, 9.17) is 10.3 Å². The molecule has 1 unspecified atom stereocenters. The zero-order valence-electron chi connectivity index (χ0n) is 12.6. The molecule has 0 aromatic heterocycles. The van der Waals surface area contributed by atoms with Gasteiger partial charge in [-0.25, -0.2) is 9.18 Å². The Balaban J connectivity index is 1.77. The molecule has 2 heterocycles. The highest BCUT2D eigenvalue weighted by Crippen LogP contribution is 2.29. The third-order valence-electron chi connectivity index (χ3n) is 3.81. The summed E-state index contributed by atoms with van der Waals surface area (Å²) in [5.74, 6) is -0.494. The van der Waals surface area contributed by atoms with Crippen molar-refractivity contribution in [3.8, 4) is 0 Å². The van der Waals surface area contributed by atoms with Crippen molar-refractivity contribution in [3.05, 3.63) is 46.7 Å². The molecule has 1 aromatic carbocycles. The smallest absolute Gasteiger partial charge is 0.414 e. The van der Waals surface area contributed by atoms with E-state index in [2.05, 4.69) is 10.0 Å². The number of benzene rings is 1. The molecule has 1 amide bonds. The van der Waals surface area contributed by atoms with Gasteiger partial charge in [-0.15, -0.1) is 0 Å². The monoisotopic (exact) mass is 331 g/mol. The zero-order valence-corrected chi connectivity index (χ0v) is 12.6. The zero-order chi connectivity index (χ0) is 17.1. The minimum atomic E-state index is -0.608. The van der Waals surface area contributed by atoms with E-state index in [1.165, 1.54) is 17.0 Å². The molecule has 0 N–H and O–H groups in total. The number of azide groups is 1. The van der Waals surface area contributed by atoms with Gasteiger partial charge in [-0.3, -0.25) is 9.69 Å². The number of carbonyl (C=O) groups is 2. The number of anilines is 2. The van der Waals surface area contributed by atoms with E-state index in [1.54, 1.807) is 23.2 Å². The molecule has 0 saturated carbocycles. The molecule has 0 bridgehead atoms. The van der Waals surface area contributed by atoms with Crippen LogP contribution in [-0.2, 0) is 9.53 Å². The number of allylic oxidation sites excluding steroid dienone is 1. The Morgan fingerprint density at radius 3 is 2.92 bits per heavy atom. The van der Waals surface area contributed by atoms with Crippen LogP contribution in [0.5, 0.6) is 0 Å². The number of halogens is 1. The Hall–Kier alpha value is -3.06. The topological polar surface area (TPSA) is 98.6 Å². The van der Waals surface area contributed by atoms with Gasteiger partial charge in [0.1, 0.15) is 11.9 Å². The Labute approximate surface area is 136 Å². The van der Waals surface area contributed by atoms with Gasteiger partial charge in [0.2, 0.25) is 0 Å². The first-order valence-corrected chi connectivity index (χ1v) is 7.34. The molecule has 1 saturated heterocycles. The Morgan fingerprint density at radius 2 is 2.25 bits per heavy atom. The van der Waals surface area contributed by atoms with Gasteiger partial charge in [0.25, 0.3) is 0 Å². The molecule has 1 atom stereocenters. The first-order chi connectivity index (χ1) is 11.6. The number of amides is 1. The van der Waals surface area contributed by atoms with E-state index < -0.39 is 18.0 Å². The van der Waals surface area contributed by atoms with Crippen LogP contribution < -0.4 is 9.80 Å². The number of ether oxygens (including phenoxy) is 1. The maximum atomic E-state index is 14.4. The van der Waals surface area contributed by atoms with Crippen LogP contribution in [0.2, 0.25) is 0 Å². The van der Waals surface area contributed by atoms with Gasteiger partial charge in [-0.1, -0.05) is 5.11 Å². The molecule has 0 spiro atoms.